The first-order valence-electron chi connectivity index (χ1n) is 10.4. The van der Waals surface area contributed by atoms with Crippen LogP contribution in [0.1, 0.15) is 60.9 Å². The highest BCUT2D eigenvalue weighted by molar-refractivity contribution is 5.98. The Morgan fingerprint density at radius 3 is 2.82 bits per heavy atom. The van der Waals surface area contributed by atoms with Crippen molar-refractivity contribution < 1.29 is 14.3 Å². The number of amides is 1. The Bertz CT molecular complexity index is 838. The Labute approximate surface area is 165 Å². The fourth-order valence-corrected chi connectivity index (χ4v) is 4.68. The van der Waals surface area contributed by atoms with E-state index in [9.17, 15) is 4.79 Å². The van der Waals surface area contributed by atoms with Crippen molar-refractivity contribution in [2.45, 2.75) is 64.7 Å². The zero-order chi connectivity index (χ0) is 19.7. The zero-order valence-electron chi connectivity index (χ0n) is 17.0. The SMILES string of the molecule is CCCCOC1C[C@@H]2C[C@H](C1)C2NC(=O)c1ncn2c(C)cc(COC)nc12. The molecule has 2 unspecified atom stereocenters. The van der Waals surface area contributed by atoms with Gasteiger partial charge < -0.3 is 14.8 Å². The van der Waals surface area contributed by atoms with E-state index >= 15 is 0 Å². The molecule has 7 heteroatoms. The summed E-state index contributed by atoms with van der Waals surface area (Å²) in [5.74, 6) is 0.901. The van der Waals surface area contributed by atoms with Crippen molar-refractivity contribution >= 4 is 11.6 Å². The van der Waals surface area contributed by atoms with E-state index in [0.29, 0.717) is 35.9 Å². The molecule has 2 bridgehead atoms. The molecule has 7 nitrogen and oxygen atoms in total. The summed E-state index contributed by atoms with van der Waals surface area (Å²) >= 11 is 0. The van der Waals surface area contributed by atoms with Gasteiger partial charge in [-0.1, -0.05) is 13.3 Å². The molecule has 0 aromatic carbocycles. The van der Waals surface area contributed by atoms with Crippen molar-refractivity contribution in [1.29, 1.82) is 0 Å². The number of rotatable bonds is 8. The van der Waals surface area contributed by atoms with Gasteiger partial charge in [0.2, 0.25) is 0 Å². The first kappa shape index (κ1) is 19.3. The topological polar surface area (TPSA) is 77.8 Å². The van der Waals surface area contributed by atoms with Gasteiger partial charge in [-0.2, -0.15) is 0 Å². The van der Waals surface area contributed by atoms with Gasteiger partial charge in [0, 0.05) is 25.5 Å². The maximum absolute atomic E-state index is 12.9. The molecule has 1 N–H and O–H groups in total. The lowest BCUT2D eigenvalue weighted by Crippen LogP contribution is -2.59. The molecule has 2 aromatic rings. The molecule has 0 aliphatic heterocycles. The summed E-state index contributed by atoms with van der Waals surface area (Å²) in [6.45, 7) is 5.43. The minimum Gasteiger partial charge on any atom is -0.378 e. The van der Waals surface area contributed by atoms with Crippen molar-refractivity contribution in [1.82, 2.24) is 19.7 Å². The number of nitrogens with one attached hydrogen (secondary N) is 1. The third-order valence-electron chi connectivity index (χ3n) is 6.16. The molecule has 0 saturated heterocycles. The molecule has 0 spiro atoms. The molecular weight excluding hydrogens is 356 g/mol. The summed E-state index contributed by atoms with van der Waals surface area (Å²) < 4.78 is 13.1. The number of carbonyl (C=O) groups excluding carboxylic acids is 1. The smallest absolute Gasteiger partial charge is 0.274 e. The van der Waals surface area contributed by atoms with Gasteiger partial charge in [-0.25, -0.2) is 9.97 Å². The number of imidazole rings is 1. The van der Waals surface area contributed by atoms with E-state index in [1.54, 1.807) is 13.4 Å². The molecule has 5 rings (SSSR count). The van der Waals surface area contributed by atoms with Crippen molar-refractivity contribution in [3.8, 4) is 0 Å². The second kappa shape index (κ2) is 8.17. The predicted molar refractivity (Wildman–Crippen MR) is 105 cm³/mol. The molecule has 3 aliphatic carbocycles. The van der Waals surface area contributed by atoms with E-state index in [1.165, 1.54) is 6.42 Å². The van der Waals surface area contributed by atoms with Gasteiger partial charge in [-0.05, 0) is 50.5 Å². The number of carbonyl (C=O) groups is 1. The summed E-state index contributed by atoms with van der Waals surface area (Å²) in [7, 11) is 1.64. The Hall–Kier alpha value is -1.99. The lowest BCUT2D eigenvalue weighted by Gasteiger charge is -2.52. The highest BCUT2D eigenvalue weighted by atomic mass is 16.5. The average Bonchev–Trinajstić information content (AvgIpc) is 3.11. The fraction of sp³-hybridized carbons (Fsp3) is 0.667. The molecule has 4 atom stereocenters. The van der Waals surface area contributed by atoms with E-state index in [-0.39, 0.29) is 11.9 Å². The zero-order valence-corrected chi connectivity index (χ0v) is 17.0. The average molecular weight is 386 g/mol. The summed E-state index contributed by atoms with van der Waals surface area (Å²) in [4.78, 5) is 21.9. The summed E-state index contributed by atoms with van der Waals surface area (Å²) in [5.41, 5.74) is 2.77. The van der Waals surface area contributed by atoms with Gasteiger partial charge in [-0.15, -0.1) is 0 Å². The summed E-state index contributed by atoms with van der Waals surface area (Å²) in [6, 6.07) is 2.19. The molecule has 3 fully saturated rings. The van der Waals surface area contributed by atoms with Crippen LogP contribution >= 0.6 is 0 Å². The summed E-state index contributed by atoms with van der Waals surface area (Å²) in [5, 5.41) is 3.23. The minimum atomic E-state index is -0.131. The van der Waals surface area contributed by atoms with Crippen LogP contribution < -0.4 is 5.32 Å². The molecule has 3 aliphatic rings. The monoisotopic (exact) mass is 386 g/mol. The number of aryl methyl sites for hydroxylation is 1. The van der Waals surface area contributed by atoms with Crippen LogP contribution in [0.5, 0.6) is 0 Å². The van der Waals surface area contributed by atoms with E-state index < -0.39 is 0 Å². The van der Waals surface area contributed by atoms with Gasteiger partial charge in [0.05, 0.1) is 18.4 Å². The molecule has 3 saturated carbocycles. The molecule has 152 valence electrons. The third kappa shape index (κ3) is 3.65. The first-order chi connectivity index (χ1) is 13.6. The molecular formula is C21H30N4O3. The van der Waals surface area contributed by atoms with Gasteiger partial charge >= 0.3 is 0 Å². The summed E-state index contributed by atoms with van der Waals surface area (Å²) in [6.07, 6.45) is 7.60. The van der Waals surface area contributed by atoms with Crippen LogP contribution in [0.2, 0.25) is 0 Å². The fourth-order valence-electron chi connectivity index (χ4n) is 4.68. The number of aromatic nitrogens is 3. The molecule has 1 amide bonds. The maximum Gasteiger partial charge on any atom is 0.274 e. The van der Waals surface area contributed by atoms with Crippen molar-refractivity contribution in [2.75, 3.05) is 13.7 Å². The van der Waals surface area contributed by atoms with Crippen LogP contribution in [0.3, 0.4) is 0 Å². The minimum absolute atomic E-state index is 0.131. The van der Waals surface area contributed by atoms with Crippen LogP contribution in [0.25, 0.3) is 5.65 Å². The lowest BCUT2D eigenvalue weighted by molar-refractivity contribution is -0.0694. The van der Waals surface area contributed by atoms with Gasteiger partial charge in [0.1, 0.15) is 6.33 Å². The van der Waals surface area contributed by atoms with Crippen molar-refractivity contribution in [2.24, 2.45) is 11.8 Å². The standard InChI is InChI=1S/C21H30N4O3/c1-4-5-6-28-17-9-14-8-15(10-17)18(14)24-21(26)19-20-23-16(11-27-3)7-13(2)25(20)12-22-19/h7,12,14-15,17-18H,4-6,8-11H2,1-3H3,(H,24,26)/t14-,15+,17?,18?. The molecule has 28 heavy (non-hydrogen) atoms. The molecule has 0 radical (unpaired) electrons. The Morgan fingerprint density at radius 1 is 1.32 bits per heavy atom. The third-order valence-corrected chi connectivity index (χ3v) is 6.16. The Kier molecular flexibility index (Phi) is 5.64. The van der Waals surface area contributed by atoms with E-state index in [1.807, 2.05) is 17.4 Å². The molecule has 2 heterocycles. The van der Waals surface area contributed by atoms with Crippen LogP contribution in [-0.2, 0) is 16.1 Å². The highest BCUT2D eigenvalue weighted by Crippen LogP contribution is 2.46. The van der Waals surface area contributed by atoms with Crippen molar-refractivity contribution in [3.63, 3.8) is 0 Å². The number of methoxy groups -OCH3 is 1. The van der Waals surface area contributed by atoms with Crippen LogP contribution in [0.15, 0.2) is 12.4 Å². The van der Waals surface area contributed by atoms with E-state index in [2.05, 4.69) is 22.2 Å². The number of ether oxygens (including phenoxy) is 2. The maximum atomic E-state index is 12.9. The van der Waals surface area contributed by atoms with E-state index in [0.717, 1.165) is 43.7 Å². The normalized spacial score (nSPS) is 26.2. The van der Waals surface area contributed by atoms with Gasteiger partial charge in [-0.3, -0.25) is 9.20 Å². The van der Waals surface area contributed by atoms with Gasteiger partial charge in [0.25, 0.3) is 5.91 Å². The van der Waals surface area contributed by atoms with Crippen LogP contribution in [0.4, 0.5) is 0 Å². The molecule has 2 aromatic heterocycles. The quantitative estimate of drug-likeness (QED) is 0.706. The van der Waals surface area contributed by atoms with Crippen LogP contribution in [0, 0.1) is 18.8 Å². The second-order valence-corrected chi connectivity index (χ2v) is 8.18. The lowest BCUT2D eigenvalue weighted by atomic mass is 9.60. The number of nitrogens with zero attached hydrogens (tertiary/aromatic N) is 3. The Balaban J connectivity index is 1.42. The number of hydrogen-bond acceptors (Lipinski definition) is 5. The number of hydrogen-bond donors (Lipinski definition) is 1. The van der Waals surface area contributed by atoms with E-state index in [4.69, 9.17) is 9.47 Å². The van der Waals surface area contributed by atoms with Gasteiger partial charge in [0.15, 0.2) is 11.3 Å². The number of fused-ring (bicyclic) bond motifs is 3. The first-order valence-corrected chi connectivity index (χ1v) is 10.4. The number of unbranched alkanes of at least 4 members (excludes halogenated alkanes) is 1. The predicted octanol–water partition coefficient (Wildman–Crippen LogP) is 2.90. The largest absolute Gasteiger partial charge is 0.378 e. The van der Waals surface area contributed by atoms with Crippen LogP contribution in [-0.4, -0.2) is 46.1 Å². The van der Waals surface area contributed by atoms with Crippen molar-refractivity contribution in [3.05, 3.63) is 29.5 Å². The highest BCUT2D eigenvalue weighted by Gasteiger charge is 2.48. The second-order valence-electron chi connectivity index (χ2n) is 8.18. The Morgan fingerprint density at radius 2 is 2.11 bits per heavy atom.